The molecule has 0 aromatic heterocycles. The Bertz CT molecular complexity index is 1270. The van der Waals surface area contributed by atoms with Crippen LogP contribution in [0.4, 0.5) is 15.8 Å². The van der Waals surface area contributed by atoms with Crippen LogP contribution in [-0.4, -0.2) is 32.3 Å². The Labute approximate surface area is 210 Å². The molecule has 1 aliphatic rings. The number of hydrogen-bond donors (Lipinski definition) is 2. The lowest BCUT2D eigenvalue weighted by atomic mass is 9.95. The van der Waals surface area contributed by atoms with Gasteiger partial charge in [0.1, 0.15) is 5.82 Å². The zero-order chi connectivity index (χ0) is 25.0. The Morgan fingerprint density at radius 1 is 1.00 bits per heavy atom. The van der Waals surface area contributed by atoms with Crippen LogP contribution in [0, 0.1) is 18.7 Å². The minimum Gasteiger partial charge on any atom is -0.326 e. The number of aryl methyl sites for hydroxylation is 1. The largest absolute Gasteiger partial charge is 0.326 e. The monoisotopic (exact) mass is 515 g/mol. The zero-order valence-corrected chi connectivity index (χ0v) is 20.9. The first-order valence-corrected chi connectivity index (χ1v) is 13.2. The Morgan fingerprint density at radius 2 is 1.63 bits per heavy atom. The van der Waals surface area contributed by atoms with Crippen molar-refractivity contribution in [1.82, 2.24) is 4.90 Å². The summed E-state index contributed by atoms with van der Waals surface area (Å²) in [6.07, 6.45) is 1.29. The summed E-state index contributed by atoms with van der Waals surface area (Å²) in [7, 11) is -3.73. The highest BCUT2D eigenvalue weighted by molar-refractivity contribution is 7.92. The minimum atomic E-state index is -3.73. The van der Waals surface area contributed by atoms with E-state index in [9.17, 15) is 17.6 Å². The number of sulfonamides is 1. The van der Waals surface area contributed by atoms with Crippen LogP contribution in [0.2, 0.25) is 5.02 Å². The molecule has 0 bridgehead atoms. The summed E-state index contributed by atoms with van der Waals surface area (Å²) < 4.78 is 41.9. The number of nitrogens with one attached hydrogen (secondary N) is 2. The molecular weight excluding hydrogens is 489 g/mol. The maximum atomic E-state index is 14.1. The second-order valence-corrected chi connectivity index (χ2v) is 10.8. The van der Waals surface area contributed by atoms with Gasteiger partial charge in [-0.25, -0.2) is 12.8 Å². The first-order valence-electron chi connectivity index (χ1n) is 11.4. The lowest BCUT2D eigenvalue weighted by Gasteiger charge is -2.31. The molecule has 184 valence electrons. The van der Waals surface area contributed by atoms with Gasteiger partial charge in [0.25, 0.3) is 10.0 Å². The van der Waals surface area contributed by atoms with Crippen molar-refractivity contribution in [3.05, 3.63) is 88.7 Å². The van der Waals surface area contributed by atoms with Crippen molar-refractivity contribution in [3.63, 3.8) is 0 Å². The predicted octanol–water partition coefficient (Wildman–Crippen LogP) is 5.44. The van der Waals surface area contributed by atoms with E-state index in [0.29, 0.717) is 54.4 Å². The fourth-order valence-corrected chi connectivity index (χ4v) is 5.34. The van der Waals surface area contributed by atoms with Crippen molar-refractivity contribution in [3.8, 4) is 0 Å². The molecule has 4 rings (SSSR count). The lowest BCUT2D eigenvalue weighted by molar-refractivity contribution is -0.121. The molecule has 0 unspecified atom stereocenters. The SMILES string of the molecule is Cc1ccc(NS(=O)(=O)c2ccc(NC(=O)C3CCN(Cc4c(F)cccc4Cl)CC3)cc2)cc1. The summed E-state index contributed by atoms with van der Waals surface area (Å²) in [5, 5.41) is 3.28. The first kappa shape index (κ1) is 25.2. The molecule has 1 aliphatic heterocycles. The van der Waals surface area contributed by atoms with Gasteiger partial charge in [0, 0.05) is 34.4 Å². The molecule has 1 amide bonds. The molecule has 0 radical (unpaired) electrons. The average molecular weight is 516 g/mol. The number of likely N-dealkylation sites (tertiary alicyclic amines) is 1. The number of benzene rings is 3. The molecule has 0 saturated carbocycles. The van der Waals surface area contributed by atoms with Crippen LogP contribution in [0.5, 0.6) is 0 Å². The number of anilines is 2. The van der Waals surface area contributed by atoms with Gasteiger partial charge in [0.2, 0.25) is 5.91 Å². The fourth-order valence-electron chi connectivity index (χ4n) is 4.06. The topological polar surface area (TPSA) is 78.5 Å². The number of piperidine rings is 1. The highest BCUT2D eigenvalue weighted by atomic mass is 35.5. The van der Waals surface area contributed by atoms with E-state index in [4.69, 9.17) is 11.6 Å². The van der Waals surface area contributed by atoms with Gasteiger partial charge in [-0.05, 0) is 81.4 Å². The molecular formula is C26H27ClFN3O3S. The van der Waals surface area contributed by atoms with E-state index in [1.54, 1.807) is 36.4 Å². The van der Waals surface area contributed by atoms with Crippen molar-refractivity contribution in [2.24, 2.45) is 5.92 Å². The van der Waals surface area contributed by atoms with Crippen LogP contribution in [0.1, 0.15) is 24.0 Å². The van der Waals surface area contributed by atoms with E-state index in [1.165, 1.54) is 18.2 Å². The number of halogens is 2. The van der Waals surface area contributed by atoms with E-state index in [-0.39, 0.29) is 22.5 Å². The van der Waals surface area contributed by atoms with Gasteiger partial charge >= 0.3 is 0 Å². The van der Waals surface area contributed by atoms with Gasteiger partial charge in [-0.1, -0.05) is 35.4 Å². The van der Waals surface area contributed by atoms with Crippen LogP contribution in [0.15, 0.2) is 71.6 Å². The van der Waals surface area contributed by atoms with Crippen molar-refractivity contribution < 1.29 is 17.6 Å². The number of nitrogens with zero attached hydrogens (tertiary/aromatic N) is 1. The Balaban J connectivity index is 1.30. The van der Waals surface area contributed by atoms with Crippen molar-refractivity contribution in [2.45, 2.75) is 31.2 Å². The standard InChI is InChI=1S/C26H27ClFN3O3S/c1-18-5-7-21(8-6-18)30-35(33,34)22-11-9-20(10-12-22)29-26(32)19-13-15-31(16-14-19)17-23-24(27)3-2-4-25(23)28/h2-12,19,30H,13-17H2,1H3,(H,29,32). The molecule has 3 aromatic carbocycles. The summed E-state index contributed by atoms with van der Waals surface area (Å²) in [6.45, 7) is 3.65. The number of hydrogen-bond acceptors (Lipinski definition) is 4. The van der Waals surface area contributed by atoms with E-state index in [1.807, 2.05) is 19.1 Å². The lowest BCUT2D eigenvalue weighted by Crippen LogP contribution is -2.38. The summed E-state index contributed by atoms with van der Waals surface area (Å²) in [5.74, 6) is -0.604. The maximum absolute atomic E-state index is 14.1. The van der Waals surface area contributed by atoms with Gasteiger partial charge in [-0.3, -0.25) is 14.4 Å². The van der Waals surface area contributed by atoms with Gasteiger partial charge in [0.05, 0.1) is 4.90 Å². The fraction of sp³-hybridized carbons (Fsp3) is 0.269. The molecule has 6 nitrogen and oxygen atoms in total. The second kappa shape index (κ2) is 10.8. The van der Waals surface area contributed by atoms with Crippen LogP contribution in [-0.2, 0) is 21.4 Å². The van der Waals surface area contributed by atoms with Crippen molar-refractivity contribution in [2.75, 3.05) is 23.1 Å². The van der Waals surface area contributed by atoms with E-state index < -0.39 is 10.0 Å². The van der Waals surface area contributed by atoms with E-state index >= 15 is 0 Å². The highest BCUT2D eigenvalue weighted by Gasteiger charge is 2.26. The summed E-state index contributed by atoms with van der Waals surface area (Å²) in [5.41, 5.74) is 2.53. The summed E-state index contributed by atoms with van der Waals surface area (Å²) in [4.78, 5) is 14.9. The molecule has 0 spiro atoms. The molecule has 1 fully saturated rings. The second-order valence-electron chi connectivity index (χ2n) is 8.74. The molecule has 3 aromatic rings. The van der Waals surface area contributed by atoms with Gasteiger partial charge in [-0.15, -0.1) is 0 Å². The maximum Gasteiger partial charge on any atom is 0.261 e. The van der Waals surface area contributed by atoms with Gasteiger partial charge in [-0.2, -0.15) is 0 Å². The first-order chi connectivity index (χ1) is 16.7. The van der Waals surface area contributed by atoms with E-state index in [2.05, 4.69) is 14.9 Å². The van der Waals surface area contributed by atoms with E-state index in [0.717, 1.165) is 5.56 Å². The quantitative estimate of drug-likeness (QED) is 0.439. The molecule has 35 heavy (non-hydrogen) atoms. The third kappa shape index (κ3) is 6.39. The zero-order valence-electron chi connectivity index (χ0n) is 19.3. The third-order valence-electron chi connectivity index (χ3n) is 6.14. The average Bonchev–Trinajstić information content (AvgIpc) is 2.83. The van der Waals surface area contributed by atoms with Crippen LogP contribution in [0.25, 0.3) is 0 Å². The molecule has 1 saturated heterocycles. The predicted molar refractivity (Wildman–Crippen MR) is 136 cm³/mol. The van der Waals surface area contributed by atoms with Crippen molar-refractivity contribution in [1.29, 1.82) is 0 Å². The third-order valence-corrected chi connectivity index (χ3v) is 7.89. The number of carbonyl (C=O) groups is 1. The van der Waals surface area contributed by atoms with Gasteiger partial charge < -0.3 is 5.32 Å². The number of carbonyl (C=O) groups excluding carboxylic acids is 1. The molecule has 1 heterocycles. The highest BCUT2D eigenvalue weighted by Crippen LogP contribution is 2.25. The smallest absolute Gasteiger partial charge is 0.261 e. The molecule has 0 atom stereocenters. The molecule has 0 aliphatic carbocycles. The Morgan fingerprint density at radius 3 is 2.26 bits per heavy atom. The Kier molecular flexibility index (Phi) is 7.74. The molecule has 2 N–H and O–H groups in total. The molecule has 9 heteroatoms. The normalized spacial score (nSPS) is 15.1. The number of amides is 1. The Hall–Kier alpha value is -2.94. The summed E-state index contributed by atoms with van der Waals surface area (Å²) >= 11 is 6.13. The summed E-state index contributed by atoms with van der Waals surface area (Å²) in [6, 6.07) is 17.8. The van der Waals surface area contributed by atoms with Crippen LogP contribution >= 0.6 is 11.6 Å². The van der Waals surface area contributed by atoms with Crippen molar-refractivity contribution >= 4 is 38.9 Å². The van der Waals surface area contributed by atoms with Gasteiger partial charge in [0.15, 0.2) is 0 Å². The minimum absolute atomic E-state index is 0.108. The van der Waals surface area contributed by atoms with Crippen LogP contribution < -0.4 is 10.0 Å². The number of rotatable bonds is 7. The van der Waals surface area contributed by atoms with Crippen LogP contribution in [0.3, 0.4) is 0 Å².